The Hall–Kier alpha value is -2.40. The minimum atomic E-state index is -0.0764. The van der Waals surface area contributed by atoms with Gasteiger partial charge in [-0.05, 0) is 24.3 Å². The molecule has 0 bridgehead atoms. The molecule has 0 unspecified atom stereocenters. The van der Waals surface area contributed by atoms with Gasteiger partial charge in [-0.2, -0.15) is 5.90 Å². The molecular weight excluding hydrogens is 222 g/mol. The van der Waals surface area contributed by atoms with E-state index in [1.54, 1.807) is 30.3 Å². The van der Waals surface area contributed by atoms with Gasteiger partial charge < -0.3 is 20.2 Å². The summed E-state index contributed by atoms with van der Waals surface area (Å²) in [6, 6.07) is 12.6. The number of benzene rings is 2. The molecule has 0 atom stereocenters. The van der Waals surface area contributed by atoms with Gasteiger partial charge in [0.05, 0.1) is 0 Å². The molecule has 5 heteroatoms. The van der Waals surface area contributed by atoms with Gasteiger partial charge in [-0.3, -0.25) is 0 Å². The Balaban J connectivity index is 0.000000171. The zero-order valence-electron chi connectivity index (χ0n) is 8.95. The van der Waals surface area contributed by atoms with Crippen molar-refractivity contribution in [1.82, 2.24) is 0 Å². The molecule has 0 saturated carbocycles. The molecule has 0 aliphatic heterocycles. The van der Waals surface area contributed by atoms with Gasteiger partial charge in [0.1, 0.15) is 0 Å². The molecule has 0 aromatic heterocycles. The van der Waals surface area contributed by atoms with Crippen LogP contribution in [0.3, 0.4) is 0 Å². The maximum absolute atomic E-state index is 8.91. The summed E-state index contributed by atoms with van der Waals surface area (Å²) in [6.07, 6.45) is 0. The monoisotopic (exact) mass is 235 g/mol. The molecule has 2 rings (SSSR count). The molecule has 0 saturated heterocycles. The van der Waals surface area contributed by atoms with Crippen LogP contribution in [-0.4, -0.2) is 15.3 Å². The van der Waals surface area contributed by atoms with Crippen LogP contribution in [0.15, 0.2) is 48.5 Å². The summed E-state index contributed by atoms with van der Waals surface area (Å²) in [5.41, 5.74) is 0. The van der Waals surface area contributed by atoms with E-state index in [2.05, 4.69) is 4.84 Å². The maximum atomic E-state index is 8.91. The Morgan fingerprint density at radius 3 is 1.41 bits per heavy atom. The summed E-state index contributed by atoms with van der Waals surface area (Å²) in [6.45, 7) is 0. The van der Waals surface area contributed by atoms with Crippen molar-refractivity contribution in [3.8, 4) is 23.0 Å². The molecule has 0 spiro atoms. The lowest BCUT2D eigenvalue weighted by molar-refractivity contribution is 0.313. The fourth-order valence-corrected chi connectivity index (χ4v) is 1.02. The van der Waals surface area contributed by atoms with Gasteiger partial charge >= 0.3 is 0 Å². The average molecular weight is 235 g/mol. The van der Waals surface area contributed by atoms with Crippen LogP contribution in [0.2, 0.25) is 0 Å². The molecule has 5 nitrogen and oxygen atoms in total. The van der Waals surface area contributed by atoms with E-state index in [1.165, 1.54) is 18.2 Å². The lowest BCUT2D eigenvalue weighted by atomic mass is 10.3. The van der Waals surface area contributed by atoms with E-state index in [4.69, 9.17) is 21.2 Å². The highest BCUT2D eigenvalue weighted by molar-refractivity contribution is 5.37. The van der Waals surface area contributed by atoms with Crippen molar-refractivity contribution in [3.05, 3.63) is 48.5 Å². The molecule has 2 aromatic carbocycles. The molecule has 0 heterocycles. The molecular formula is C12H13NO4. The lowest BCUT2D eigenvalue weighted by Gasteiger charge is -1.98. The van der Waals surface area contributed by atoms with E-state index in [0.29, 0.717) is 0 Å². The first-order valence-electron chi connectivity index (χ1n) is 4.77. The van der Waals surface area contributed by atoms with Crippen molar-refractivity contribution >= 4 is 0 Å². The third-order valence-corrected chi connectivity index (χ3v) is 1.87. The van der Waals surface area contributed by atoms with Crippen molar-refractivity contribution in [1.29, 1.82) is 0 Å². The van der Waals surface area contributed by atoms with Crippen LogP contribution in [0.1, 0.15) is 0 Å². The van der Waals surface area contributed by atoms with Crippen LogP contribution >= 0.6 is 0 Å². The van der Waals surface area contributed by atoms with Gasteiger partial charge in [-0.25, -0.2) is 0 Å². The summed E-state index contributed by atoms with van der Waals surface area (Å²) < 4.78 is 0. The Morgan fingerprint density at radius 1 is 0.706 bits per heavy atom. The Labute approximate surface area is 98.3 Å². The van der Waals surface area contributed by atoms with E-state index in [9.17, 15) is 0 Å². The van der Waals surface area contributed by atoms with Crippen molar-refractivity contribution in [2.75, 3.05) is 0 Å². The van der Waals surface area contributed by atoms with E-state index >= 15 is 0 Å². The van der Waals surface area contributed by atoms with Gasteiger partial charge in [0.2, 0.25) is 0 Å². The van der Waals surface area contributed by atoms with Gasteiger partial charge in [0, 0.05) is 0 Å². The number of nitrogens with two attached hydrogens (primary N) is 1. The Kier molecular flexibility index (Phi) is 4.65. The minimum Gasteiger partial charge on any atom is -0.504 e. The highest BCUT2D eigenvalue weighted by atomic mass is 16.6. The number of phenols is 3. The molecule has 0 fully saturated rings. The first-order valence-corrected chi connectivity index (χ1v) is 4.77. The van der Waals surface area contributed by atoms with Gasteiger partial charge in [-0.1, -0.05) is 24.3 Å². The standard InChI is InChI=1S/C6H7NO2.C6H6O2/c7-9-6-4-2-1-3-5(6)8;7-5-3-1-2-4-6(5)8/h1-4,8H,7H2;1-4,7-8H. The van der Waals surface area contributed by atoms with Crippen LogP contribution in [0.5, 0.6) is 23.0 Å². The fraction of sp³-hybridized carbons (Fsp3) is 0. The highest BCUT2D eigenvalue weighted by Gasteiger charge is 1.95. The number of hydrogen-bond donors (Lipinski definition) is 4. The van der Waals surface area contributed by atoms with Crippen LogP contribution in [-0.2, 0) is 0 Å². The maximum Gasteiger partial charge on any atom is 0.188 e. The third-order valence-electron chi connectivity index (χ3n) is 1.87. The summed E-state index contributed by atoms with van der Waals surface area (Å²) >= 11 is 0. The van der Waals surface area contributed by atoms with E-state index in [-0.39, 0.29) is 23.0 Å². The number of phenolic OH excluding ortho intramolecular Hbond substituents is 3. The molecule has 17 heavy (non-hydrogen) atoms. The second kappa shape index (κ2) is 6.24. The fourth-order valence-electron chi connectivity index (χ4n) is 1.02. The number of hydrogen-bond acceptors (Lipinski definition) is 5. The third kappa shape index (κ3) is 3.92. The zero-order valence-corrected chi connectivity index (χ0v) is 8.95. The van der Waals surface area contributed by atoms with Gasteiger partial charge in [-0.15, -0.1) is 0 Å². The first kappa shape index (κ1) is 12.7. The smallest absolute Gasteiger partial charge is 0.188 e. The predicted molar refractivity (Wildman–Crippen MR) is 62.7 cm³/mol. The van der Waals surface area contributed by atoms with Crippen LogP contribution in [0.4, 0.5) is 0 Å². The normalized spacial score (nSPS) is 9.00. The summed E-state index contributed by atoms with van der Waals surface area (Å²) in [4.78, 5) is 4.29. The second-order valence-electron chi connectivity index (χ2n) is 3.07. The summed E-state index contributed by atoms with van der Waals surface area (Å²) in [7, 11) is 0. The van der Waals surface area contributed by atoms with Crippen molar-refractivity contribution < 1.29 is 20.2 Å². The van der Waals surface area contributed by atoms with Crippen LogP contribution in [0, 0.1) is 0 Å². The largest absolute Gasteiger partial charge is 0.504 e. The number of rotatable bonds is 1. The van der Waals surface area contributed by atoms with Crippen molar-refractivity contribution in [2.45, 2.75) is 0 Å². The van der Waals surface area contributed by atoms with E-state index in [0.717, 1.165) is 0 Å². The molecule has 5 N–H and O–H groups in total. The van der Waals surface area contributed by atoms with Crippen molar-refractivity contribution in [2.24, 2.45) is 5.90 Å². The molecule has 90 valence electrons. The molecule has 0 amide bonds. The summed E-state index contributed by atoms with van der Waals surface area (Å²) in [5.74, 6) is 4.98. The van der Waals surface area contributed by atoms with Crippen LogP contribution in [0.25, 0.3) is 0 Å². The van der Waals surface area contributed by atoms with E-state index < -0.39 is 0 Å². The van der Waals surface area contributed by atoms with Gasteiger partial charge in [0.25, 0.3) is 0 Å². The van der Waals surface area contributed by atoms with Gasteiger partial charge in [0.15, 0.2) is 23.0 Å². The summed E-state index contributed by atoms with van der Waals surface area (Å²) in [5, 5.41) is 26.2. The minimum absolute atomic E-state index is 0.0556. The molecule has 0 aliphatic carbocycles. The van der Waals surface area contributed by atoms with Crippen molar-refractivity contribution in [3.63, 3.8) is 0 Å². The van der Waals surface area contributed by atoms with E-state index in [1.807, 2.05) is 0 Å². The highest BCUT2D eigenvalue weighted by Crippen LogP contribution is 2.22. The molecule has 2 aromatic rings. The Bertz CT molecular complexity index is 453. The number of para-hydroxylation sites is 4. The average Bonchev–Trinajstić information content (AvgIpc) is 2.34. The zero-order chi connectivity index (χ0) is 12.7. The SMILES string of the molecule is NOc1ccccc1O.Oc1ccccc1O. The lowest BCUT2D eigenvalue weighted by Crippen LogP contribution is -2.01. The molecule has 0 radical (unpaired) electrons. The first-order chi connectivity index (χ1) is 8.15. The van der Waals surface area contributed by atoms with Crippen LogP contribution < -0.4 is 10.7 Å². The molecule has 0 aliphatic rings. The topological polar surface area (TPSA) is 95.9 Å². The predicted octanol–water partition coefficient (Wildman–Crippen LogP) is 1.74. The second-order valence-corrected chi connectivity index (χ2v) is 3.07. The Morgan fingerprint density at radius 2 is 1.12 bits per heavy atom. The quantitative estimate of drug-likeness (QED) is 0.446. The number of aromatic hydroxyl groups is 3.